The van der Waals surface area contributed by atoms with Crippen molar-refractivity contribution in [3.8, 4) is 0 Å². The summed E-state index contributed by atoms with van der Waals surface area (Å²) >= 11 is 0. The second-order valence-corrected chi connectivity index (χ2v) is 22.7. The number of hydrogen-bond acceptors (Lipinski definition) is 3. The van der Waals surface area contributed by atoms with Gasteiger partial charge in [0.25, 0.3) is 0 Å². The van der Waals surface area contributed by atoms with Crippen molar-refractivity contribution in [1.29, 1.82) is 0 Å². The van der Waals surface area contributed by atoms with E-state index in [1.807, 2.05) is 0 Å². The van der Waals surface area contributed by atoms with Crippen molar-refractivity contribution in [2.45, 2.75) is 115 Å². The van der Waals surface area contributed by atoms with Crippen molar-refractivity contribution in [1.82, 2.24) is 0 Å². The van der Waals surface area contributed by atoms with Gasteiger partial charge in [-0.05, 0) is 61.1 Å². The molecule has 5 heteroatoms. The molecule has 2 heterocycles. The molecule has 0 unspecified atom stereocenters. The maximum atomic E-state index is 7.03. The molecule has 4 atom stereocenters. The summed E-state index contributed by atoms with van der Waals surface area (Å²) in [5.74, 6) is 2.04. The van der Waals surface area contributed by atoms with Gasteiger partial charge in [-0.1, -0.05) is 60.6 Å². The van der Waals surface area contributed by atoms with Gasteiger partial charge in [0.2, 0.25) is 8.32 Å². The van der Waals surface area contributed by atoms with E-state index in [1.165, 1.54) is 0 Å². The third kappa shape index (κ3) is 4.16. The smallest absolute Gasteiger partial charge is 0.250 e. The minimum atomic E-state index is -1.90. The molecule has 3 nitrogen and oxygen atoms in total. The van der Waals surface area contributed by atoms with Crippen LogP contribution in [0.3, 0.4) is 0 Å². The molecule has 3 rings (SSSR count). The average Bonchev–Trinajstić information content (AvgIpc) is 2.80. The van der Waals surface area contributed by atoms with Crippen molar-refractivity contribution in [3.63, 3.8) is 0 Å². The van der Waals surface area contributed by atoms with Crippen molar-refractivity contribution in [2.24, 2.45) is 11.8 Å². The molecule has 0 amide bonds. The molecule has 0 N–H and O–H groups in total. The van der Waals surface area contributed by atoms with E-state index < -0.39 is 16.6 Å². The van der Waals surface area contributed by atoms with E-state index in [4.69, 9.17) is 13.6 Å². The Bertz CT molecular complexity index is 726. The van der Waals surface area contributed by atoms with E-state index >= 15 is 0 Å². The molecule has 0 saturated carbocycles. The van der Waals surface area contributed by atoms with E-state index in [2.05, 4.69) is 92.9 Å². The number of rotatable bonds is 5. The van der Waals surface area contributed by atoms with Crippen LogP contribution < -0.4 is 0 Å². The first kappa shape index (κ1) is 24.3. The first-order valence-corrected chi connectivity index (χ1v) is 17.7. The van der Waals surface area contributed by atoms with Crippen LogP contribution in [0.5, 0.6) is 0 Å². The minimum absolute atomic E-state index is 0.186. The predicted molar refractivity (Wildman–Crippen MR) is 132 cm³/mol. The normalized spacial score (nSPS) is 34.6. The number of ether oxygens (including phenoxy) is 1. The van der Waals surface area contributed by atoms with Crippen LogP contribution in [0.15, 0.2) is 24.0 Å². The monoisotopic (exact) mass is 450 g/mol. The van der Waals surface area contributed by atoms with Gasteiger partial charge in [0.1, 0.15) is 0 Å². The SMILES string of the molecule is C[C@@H]1CC=C[C@@H]2C[C@@]3(CO[Si](C)(C)C(C)(C)C)CC(O[Si](C)(C)C(C)(C)C)=C[C@@]12O3. The second kappa shape index (κ2) is 7.33. The molecule has 0 aromatic heterocycles. The number of fused-ring (bicyclic) bond motifs is 1. The Morgan fingerprint density at radius 1 is 1.03 bits per heavy atom. The fourth-order valence-electron chi connectivity index (χ4n) is 4.59. The Kier molecular flexibility index (Phi) is 5.93. The standard InChI is InChI=1S/C25H46O3Si2/c1-19-13-12-14-20-15-24(18-26-29(8,9)22(2,3)4)16-21(17-25(19,20)28-24)27-30(10,11)23(5,6)7/h12,14,17,19-20H,13,15-16,18H2,1-11H3/t19-,20-,24+,25-/m1/s1. The predicted octanol–water partition coefficient (Wildman–Crippen LogP) is 7.43. The molecule has 0 aromatic carbocycles. The molecule has 30 heavy (non-hydrogen) atoms. The summed E-state index contributed by atoms with van der Waals surface area (Å²) in [4.78, 5) is 0. The Morgan fingerprint density at radius 2 is 1.63 bits per heavy atom. The van der Waals surface area contributed by atoms with Gasteiger partial charge in [-0.25, -0.2) is 0 Å². The van der Waals surface area contributed by atoms with Crippen LogP contribution in [0.2, 0.25) is 36.3 Å². The Hall–Kier alpha value is -0.366. The third-order valence-corrected chi connectivity index (χ3v) is 17.6. The van der Waals surface area contributed by atoms with Gasteiger partial charge in [0.05, 0.1) is 23.6 Å². The fourth-order valence-corrected chi connectivity index (χ4v) is 6.74. The lowest BCUT2D eigenvalue weighted by molar-refractivity contribution is -0.140. The summed E-state index contributed by atoms with van der Waals surface area (Å²) in [7, 11) is -3.75. The summed E-state index contributed by atoms with van der Waals surface area (Å²) in [6.07, 6.45) is 10.1. The molecule has 3 aliphatic rings. The molecular weight excluding hydrogens is 404 g/mol. The van der Waals surface area contributed by atoms with Crippen molar-refractivity contribution >= 4 is 16.6 Å². The zero-order chi connectivity index (χ0) is 22.8. The van der Waals surface area contributed by atoms with Crippen LogP contribution in [-0.4, -0.2) is 34.4 Å². The molecular formula is C25H46O3Si2. The Labute approximate surface area is 187 Å². The molecule has 0 aromatic rings. The maximum absolute atomic E-state index is 7.03. The number of hydrogen-bond donors (Lipinski definition) is 0. The minimum Gasteiger partial charge on any atom is -0.547 e. The van der Waals surface area contributed by atoms with Crippen molar-refractivity contribution < 1.29 is 13.6 Å². The molecule has 172 valence electrons. The molecule has 2 bridgehead atoms. The first-order chi connectivity index (χ1) is 13.4. The lowest BCUT2D eigenvalue weighted by Gasteiger charge is -2.47. The van der Waals surface area contributed by atoms with Gasteiger partial charge in [-0.3, -0.25) is 0 Å². The van der Waals surface area contributed by atoms with E-state index in [-0.39, 0.29) is 21.3 Å². The van der Waals surface area contributed by atoms with E-state index in [9.17, 15) is 0 Å². The van der Waals surface area contributed by atoms with Crippen LogP contribution in [0, 0.1) is 11.8 Å². The summed E-state index contributed by atoms with van der Waals surface area (Å²) in [6, 6.07) is 0. The largest absolute Gasteiger partial charge is 0.547 e. The molecule has 0 radical (unpaired) electrons. The van der Waals surface area contributed by atoms with Gasteiger partial charge in [-0.2, -0.15) is 0 Å². The molecule has 1 spiro atoms. The third-order valence-electron chi connectivity index (χ3n) is 8.77. The van der Waals surface area contributed by atoms with Gasteiger partial charge < -0.3 is 13.6 Å². The van der Waals surface area contributed by atoms with E-state index in [1.54, 1.807) is 0 Å². The number of allylic oxidation sites excluding steroid dienone is 1. The molecule has 2 aliphatic heterocycles. The molecule has 1 aliphatic carbocycles. The van der Waals surface area contributed by atoms with Crippen molar-refractivity contribution in [2.75, 3.05) is 6.61 Å². The second-order valence-electron chi connectivity index (χ2n) is 13.2. The highest BCUT2D eigenvalue weighted by Gasteiger charge is 2.61. The Balaban J connectivity index is 1.93. The highest BCUT2D eigenvalue weighted by molar-refractivity contribution is 6.74. The van der Waals surface area contributed by atoms with E-state index in [0.29, 0.717) is 18.4 Å². The summed E-state index contributed by atoms with van der Waals surface area (Å²) in [6.45, 7) is 26.3. The topological polar surface area (TPSA) is 27.7 Å². The fraction of sp³-hybridized carbons (Fsp3) is 0.840. The van der Waals surface area contributed by atoms with Gasteiger partial charge in [0, 0.05) is 12.3 Å². The summed E-state index contributed by atoms with van der Waals surface area (Å²) < 4.78 is 20.7. The van der Waals surface area contributed by atoms with Crippen LogP contribution in [0.1, 0.15) is 67.7 Å². The molecule has 1 fully saturated rings. The van der Waals surface area contributed by atoms with Crippen LogP contribution in [-0.2, 0) is 13.6 Å². The quantitative estimate of drug-likeness (QED) is 0.322. The summed E-state index contributed by atoms with van der Waals surface area (Å²) in [5.41, 5.74) is -0.503. The van der Waals surface area contributed by atoms with Crippen molar-refractivity contribution in [3.05, 3.63) is 24.0 Å². The van der Waals surface area contributed by atoms with Gasteiger partial charge >= 0.3 is 0 Å². The Morgan fingerprint density at radius 3 is 2.20 bits per heavy atom. The maximum Gasteiger partial charge on any atom is 0.250 e. The average molecular weight is 451 g/mol. The highest BCUT2D eigenvalue weighted by Crippen LogP contribution is 2.57. The van der Waals surface area contributed by atoms with Crippen LogP contribution in [0.25, 0.3) is 0 Å². The molecule has 1 saturated heterocycles. The lowest BCUT2D eigenvalue weighted by atomic mass is 9.72. The summed E-state index contributed by atoms with van der Waals surface area (Å²) in [5, 5.41) is 0.385. The zero-order valence-corrected chi connectivity index (χ0v) is 23.4. The van der Waals surface area contributed by atoms with Crippen LogP contribution >= 0.6 is 0 Å². The first-order valence-electron chi connectivity index (χ1n) is 11.8. The lowest BCUT2D eigenvalue weighted by Crippen LogP contribution is -2.51. The van der Waals surface area contributed by atoms with Gasteiger partial charge in [0.15, 0.2) is 8.32 Å². The van der Waals surface area contributed by atoms with E-state index in [0.717, 1.165) is 25.0 Å². The highest BCUT2D eigenvalue weighted by atomic mass is 28.4. The van der Waals surface area contributed by atoms with Gasteiger partial charge in [-0.15, -0.1) is 0 Å². The zero-order valence-electron chi connectivity index (χ0n) is 21.4. The van der Waals surface area contributed by atoms with Crippen LogP contribution in [0.4, 0.5) is 0 Å².